The minimum absolute atomic E-state index is 0. The predicted molar refractivity (Wildman–Crippen MR) is 97.0 cm³/mol. The smallest absolute Gasteiger partial charge is 0.128 e. The first-order chi connectivity index (χ1) is 10.1. The highest BCUT2D eigenvalue weighted by Crippen LogP contribution is 2.37. The highest BCUT2D eigenvalue weighted by molar-refractivity contribution is 9.10. The van der Waals surface area contributed by atoms with E-state index in [9.17, 15) is 4.39 Å². The molecule has 2 nitrogen and oxygen atoms in total. The van der Waals surface area contributed by atoms with Gasteiger partial charge in [-0.3, -0.25) is 4.90 Å². The van der Waals surface area contributed by atoms with Crippen LogP contribution in [0, 0.1) is 5.82 Å². The number of nitrogens with one attached hydrogen (secondary N) is 1. The van der Waals surface area contributed by atoms with Crippen molar-refractivity contribution in [1.29, 1.82) is 0 Å². The van der Waals surface area contributed by atoms with Crippen LogP contribution in [-0.2, 0) is 0 Å². The molecule has 3 rings (SSSR count). The topological polar surface area (TPSA) is 15.3 Å². The fraction of sp³-hybridized carbons (Fsp3) is 0.333. The molecule has 1 fully saturated rings. The van der Waals surface area contributed by atoms with Gasteiger partial charge in [-0.1, -0.05) is 27.5 Å². The molecule has 7 heteroatoms. The van der Waals surface area contributed by atoms with Crippen molar-refractivity contribution in [3.8, 4) is 0 Å². The van der Waals surface area contributed by atoms with Gasteiger partial charge < -0.3 is 5.32 Å². The maximum atomic E-state index is 14.4. The van der Waals surface area contributed by atoms with Crippen LogP contribution < -0.4 is 5.32 Å². The van der Waals surface area contributed by atoms with Gasteiger partial charge in [0, 0.05) is 41.1 Å². The van der Waals surface area contributed by atoms with Crippen molar-refractivity contribution in [2.24, 2.45) is 0 Å². The fourth-order valence-corrected chi connectivity index (χ4v) is 4.26. The molecule has 0 saturated carbocycles. The summed E-state index contributed by atoms with van der Waals surface area (Å²) in [5.41, 5.74) is 0.699. The Balaban J connectivity index is 0.00000176. The lowest BCUT2D eigenvalue weighted by Crippen LogP contribution is -2.45. The summed E-state index contributed by atoms with van der Waals surface area (Å²) in [5.74, 6) is -0.175. The number of thiophene rings is 1. The second kappa shape index (κ2) is 8.08. The summed E-state index contributed by atoms with van der Waals surface area (Å²) in [7, 11) is 0. The average molecular weight is 426 g/mol. The molecule has 0 aliphatic carbocycles. The van der Waals surface area contributed by atoms with Gasteiger partial charge in [0.05, 0.1) is 10.4 Å². The number of benzene rings is 1. The molecular weight excluding hydrogens is 410 g/mol. The van der Waals surface area contributed by atoms with E-state index in [0.29, 0.717) is 5.56 Å². The first kappa shape index (κ1) is 18.2. The Morgan fingerprint density at radius 1 is 1.23 bits per heavy atom. The molecule has 0 unspecified atom stereocenters. The molecule has 0 amide bonds. The summed E-state index contributed by atoms with van der Waals surface area (Å²) in [6, 6.07) is 8.92. The molecule has 2 heterocycles. The number of halogens is 4. The van der Waals surface area contributed by atoms with Crippen molar-refractivity contribution >= 4 is 51.3 Å². The monoisotopic (exact) mass is 424 g/mol. The first-order valence-corrected chi connectivity index (χ1v) is 8.79. The van der Waals surface area contributed by atoms with Gasteiger partial charge in [0.25, 0.3) is 0 Å². The van der Waals surface area contributed by atoms with Gasteiger partial charge in [-0.2, -0.15) is 0 Å². The Morgan fingerprint density at radius 3 is 2.59 bits per heavy atom. The summed E-state index contributed by atoms with van der Waals surface area (Å²) in [5, 5.41) is 3.34. The van der Waals surface area contributed by atoms with Gasteiger partial charge in [0.1, 0.15) is 5.82 Å². The van der Waals surface area contributed by atoms with Crippen LogP contribution in [0.3, 0.4) is 0 Å². The van der Waals surface area contributed by atoms with E-state index in [4.69, 9.17) is 11.6 Å². The SMILES string of the molecule is Cl.Fc1ccc(Br)cc1[C@@H](c1ccc(Cl)s1)N1CCNCC1. The van der Waals surface area contributed by atoms with Gasteiger partial charge in [-0.15, -0.1) is 23.7 Å². The van der Waals surface area contributed by atoms with E-state index < -0.39 is 0 Å². The normalized spacial score (nSPS) is 17.0. The van der Waals surface area contributed by atoms with Crippen molar-refractivity contribution in [2.75, 3.05) is 26.2 Å². The van der Waals surface area contributed by atoms with Crippen molar-refractivity contribution < 1.29 is 4.39 Å². The van der Waals surface area contributed by atoms with Crippen LogP contribution in [0.2, 0.25) is 4.34 Å². The van der Waals surface area contributed by atoms with Crippen LogP contribution in [0.25, 0.3) is 0 Å². The third-order valence-corrected chi connectivity index (χ3v) is 5.41. The van der Waals surface area contributed by atoms with Crippen LogP contribution in [0.5, 0.6) is 0 Å². The second-order valence-electron chi connectivity index (χ2n) is 5.00. The van der Waals surface area contributed by atoms with Crippen LogP contribution in [0.15, 0.2) is 34.8 Å². The molecule has 1 atom stereocenters. The van der Waals surface area contributed by atoms with E-state index in [2.05, 4.69) is 26.1 Å². The molecule has 1 aliphatic heterocycles. The van der Waals surface area contributed by atoms with Gasteiger partial charge in [0.2, 0.25) is 0 Å². The Bertz CT molecular complexity index is 632. The molecule has 1 aliphatic rings. The summed E-state index contributed by atoms with van der Waals surface area (Å²) < 4.78 is 16.0. The van der Waals surface area contributed by atoms with Gasteiger partial charge in [-0.25, -0.2) is 4.39 Å². The van der Waals surface area contributed by atoms with Crippen molar-refractivity contribution in [3.63, 3.8) is 0 Å². The van der Waals surface area contributed by atoms with Crippen molar-refractivity contribution in [3.05, 3.63) is 55.4 Å². The zero-order valence-corrected chi connectivity index (χ0v) is 15.7. The summed E-state index contributed by atoms with van der Waals surface area (Å²) in [4.78, 5) is 3.39. The lowest BCUT2D eigenvalue weighted by atomic mass is 10.0. The van der Waals surface area contributed by atoms with Crippen LogP contribution in [-0.4, -0.2) is 31.1 Å². The lowest BCUT2D eigenvalue weighted by molar-refractivity contribution is 0.197. The maximum absolute atomic E-state index is 14.4. The first-order valence-electron chi connectivity index (χ1n) is 6.80. The minimum atomic E-state index is -0.175. The highest BCUT2D eigenvalue weighted by Gasteiger charge is 2.27. The molecule has 22 heavy (non-hydrogen) atoms. The standard InChI is InChI=1S/C15H15BrClFN2S.ClH/c16-10-1-2-12(18)11(9-10)15(13-3-4-14(17)21-13)20-7-5-19-6-8-20;/h1-4,9,15,19H,5-8H2;1H/t15-;/m0./s1. The predicted octanol–water partition coefficient (Wildman–Crippen LogP) is 4.72. The van der Waals surface area contributed by atoms with E-state index in [1.54, 1.807) is 6.07 Å². The van der Waals surface area contributed by atoms with E-state index in [1.807, 2.05) is 18.2 Å². The van der Waals surface area contributed by atoms with Crippen LogP contribution in [0.1, 0.15) is 16.5 Å². The number of rotatable bonds is 3. The van der Waals surface area contributed by atoms with Crippen molar-refractivity contribution in [1.82, 2.24) is 10.2 Å². The van der Waals surface area contributed by atoms with Gasteiger partial charge in [0.15, 0.2) is 0 Å². The zero-order chi connectivity index (χ0) is 14.8. The number of nitrogens with zero attached hydrogens (tertiary/aromatic N) is 1. The van der Waals surface area contributed by atoms with E-state index in [1.165, 1.54) is 17.4 Å². The third kappa shape index (κ3) is 4.02. The van der Waals surface area contributed by atoms with E-state index in [-0.39, 0.29) is 24.3 Å². The molecule has 0 bridgehead atoms. The minimum Gasteiger partial charge on any atom is -0.314 e. The average Bonchev–Trinajstić information content (AvgIpc) is 2.90. The summed E-state index contributed by atoms with van der Waals surface area (Å²) in [6.45, 7) is 3.63. The third-order valence-electron chi connectivity index (χ3n) is 3.63. The Kier molecular flexibility index (Phi) is 6.68. The largest absolute Gasteiger partial charge is 0.314 e. The molecule has 1 aromatic heterocycles. The molecule has 1 aromatic carbocycles. The second-order valence-corrected chi connectivity index (χ2v) is 7.66. The molecule has 1 N–H and O–H groups in total. The lowest BCUT2D eigenvalue weighted by Gasteiger charge is -2.35. The fourth-order valence-electron chi connectivity index (χ4n) is 2.67. The number of hydrogen-bond donors (Lipinski definition) is 1. The van der Waals surface area contributed by atoms with Crippen LogP contribution >= 0.6 is 51.3 Å². The Morgan fingerprint density at radius 2 is 1.95 bits per heavy atom. The van der Waals surface area contributed by atoms with Crippen molar-refractivity contribution in [2.45, 2.75) is 6.04 Å². The van der Waals surface area contributed by atoms with Gasteiger partial charge in [-0.05, 0) is 30.3 Å². The number of piperazine rings is 1. The maximum Gasteiger partial charge on any atom is 0.128 e. The number of hydrogen-bond acceptors (Lipinski definition) is 3. The molecule has 2 aromatic rings. The molecular formula is C15H16BrCl2FN2S. The van der Waals surface area contributed by atoms with E-state index >= 15 is 0 Å². The summed E-state index contributed by atoms with van der Waals surface area (Å²) >= 11 is 11.1. The van der Waals surface area contributed by atoms with Crippen LogP contribution in [0.4, 0.5) is 4.39 Å². The summed E-state index contributed by atoms with van der Waals surface area (Å²) in [6.07, 6.45) is 0. The quantitative estimate of drug-likeness (QED) is 0.765. The molecule has 0 spiro atoms. The molecule has 0 radical (unpaired) electrons. The highest BCUT2D eigenvalue weighted by atomic mass is 79.9. The molecule has 1 saturated heterocycles. The Labute approximate surface area is 153 Å². The molecule has 120 valence electrons. The van der Waals surface area contributed by atoms with Gasteiger partial charge >= 0.3 is 0 Å². The Hall–Kier alpha value is -0.170. The van der Waals surface area contributed by atoms with E-state index in [0.717, 1.165) is 39.9 Å². The zero-order valence-electron chi connectivity index (χ0n) is 11.7.